The van der Waals surface area contributed by atoms with Crippen molar-refractivity contribution in [3.05, 3.63) is 35.9 Å². The molecule has 48 heavy (non-hydrogen) atoms. The molecule has 14 nitrogen and oxygen atoms in total. The van der Waals surface area contributed by atoms with Gasteiger partial charge in [0.1, 0.15) is 19.3 Å². The summed E-state index contributed by atoms with van der Waals surface area (Å²) in [5.74, 6) is -9.53. The molecule has 1 aromatic rings. The van der Waals surface area contributed by atoms with Gasteiger partial charge in [0, 0.05) is 18.8 Å². The average molecular weight is 680 g/mol. The summed E-state index contributed by atoms with van der Waals surface area (Å²) in [6, 6.07) is 5.01. The number of Topliss-reactive ketones (excluding diaryl/α,β-unsaturated/α-hetero) is 3. The number of carbonyl (C=O) groups excluding carboxylic acids is 7. The molecule has 0 saturated carbocycles. The van der Waals surface area contributed by atoms with Crippen LogP contribution in [0.4, 0.5) is 9.18 Å². The van der Waals surface area contributed by atoms with Crippen LogP contribution in [0.2, 0.25) is 0 Å². The van der Waals surface area contributed by atoms with Crippen molar-refractivity contribution in [2.45, 2.75) is 85.0 Å². The van der Waals surface area contributed by atoms with Gasteiger partial charge in [0.25, 0.3) is 0 Å². The Hall–Kier alpha value is -4.69. The Bertz CT molecular complexity index is 1300. The van der Waals surface area contributed by atoms with E-state index in [1.165, 1.54) is 6.92 Å². The number of nitrogens with one attached hydrogen (secondary N) is 3. The van der Waals surface area contributed by atoms with Crippen LogP contribution in [0.5, 0.6) is 0 Å². The summed E-state index contributed by atoms with van der Waals surface area (Å²) in [6.07, 6.45) is -3.14. The number of carbonyl (C=O) groups is 8. The monoisotopic (exact) mass is 679 g/mol. The van der Waals surface area contributed by atoms with Gasteiger partial charge in [0.15, 0.2) is 17.3 Å². The third-order valence-electron chi connectivity index (χ3n) is 7.44. The summed E-state index contributed by atoms with van der Waals surface area (Å²) in [6.45, 7) is 6.41. The Balaban J connectivity index is 3.03. The minimum Gasteiger partial charge on any atom is -0.481 e. The predicted octanol–water partition coefficient (Wildman–Crippen LogP) is 2.31. The number of methoxy groups -OCH3 is 1. The van der Waals surface area contributed by atoms with Gasteiger partial charge >= 0.3 is 18.0 Å². The molecule has 0 unspecified atom stereocenters. The normalized spacial score (nSPS) is 14.1. The lowest BCUT2D eigenvalue weighted by Gasteiger charge is -2.27. The number of carboxylic acid groups (broad SMARTS) is 1. The molecule has 0 fully saturated rings. The van der Waals surface area contributed by atoms with Crippen LogP contribution in [0.25, 0.3) is 0 Å². The predicted molar refractivity (Wildman–Crippen MR) is 169 cm³/mol. The van der Waals surface area contributed by atoms with Gasteiger partial charge in [-0.15, -0.1) is 0 Å². The van der Waals surface area contributed by atoms with E-state index in [0.717, 1.165) is 12.7 Å². The Morgan fingerprint density at radius 3 is 1.81 bits per heavy atom. The summed E-state index contributed by atoms with van der Waals surface area (Å²) in [5.41, 5.74) is 0.730. The van der Waals surface area contributed by atoms with Crippen molar-refractivity contribution in [2.75, 3.05) is 13.8 Å². The largest absolute Gasteiger partial charge is 0.481 e. The maximum absolute atomic E-state index is 13.5. The fourth-order valence-electron chi connectivity index (χ4n) is 4.66. The van der Waals surface area contributed by atoms with E-state index in [4.69, 9.17) is 14.6 Å². The SMILES string of the molecule is COC(=O)C[C@H](CC(=O)[C@@H](NC(=O)OCc1ccccc1)C(C)C)C(=O)N[C@H](C(=O)C[C@@H](C)C(=O)N[C@@H](CC(=O)O)C(=O)CF)C(C)C. The highest BCUT2D eigenvalue weighted by Crippen LogP contribution is 2.18. The second kappa shape index (κ2) is 20.5. The van der Waals surface area contributed by atoms with E-state index in [9.17, 15) is 42.7 Å². The van der Waals surface area contributed by atoms with Crippen molar-refractivity contribution in [1.82, 2.24) is 16.0 Å². The number of ether oxygens (including phenoxy) is 2. The van der Waals surface area contributed by atoms with Gasteiger partial charge in [-0.05, 0) is 17.4 Å². The van der Waals surface area contributed by atoms with Crippen LogP contribution in [0.15, 0.2) is 30.3 Å². The number of halogens is 1. The first-order valence-electron chi connectivity index (χ1n) is 15.5. The Morgan fingerprint density at radius 1 is 0.729 bits per heavy atom. The van der Waals surface area contributed by atoms with Crippen LogP contribution in [0, 0.1) is 23.7 Å². The van der Waals surface area contributed by atoms with Gasteiger partial charge in [-0.25, -0.2) is 9.18 Å². The number of hydrogen-bond donors (Lipinski definition) is 4. The van der Waals surface area contributed by atoms with Gasteiger partial charge in [0.05, 0.1) is 38.0 Å². The smallest absolute Gasteiger partial charge is 0.408 e. The van der Waals surface area contributed by atoms with Gasteiger partial charge < -0.3 is 30.5 Å². The van der Waals surface area contributed by atoms with Crippen molar-refractivity contribution in [1.29, 1.82) is 0 Å². The number of aliphatic carboxylic acids is 1. The van der Waals surface area contributed by atoms with Crippen molar-refractivity contribution < 1.29 is 57.3 Å². The molecule has 4 N–H and O–H groups in total. The van der Waals surface area contributed by atoms with Crippen LogP contribution < -0.4 is 16.0 Å². The van der Waals surface area contributed by atoms with Gasteiger partial charge in [-0.3, -0.25) is 33.6 Å². The van der Waals surface area contributed by atoms with Gasteiger partial charge in [0.2, 0.25) is 11.8 Å². The molecule has 5 atom stereocenters. The lowest BCUT2D eigenvalue weighted by Crippen LogP contribution is -2.50. The van der Waals surface area contributed by atoms with E-state index in [2.05, 4.69) is 16.0 Å². The molecule has 0 bridgehead atoms. The zero-order valence-electron chi connectivity index (χ0n) is 28.1. The van der Waals surface area contributed by atoms with Crippen LogP contribution in [0.3, 0.4) is 0 Å². The molecule has 0 spiro atoms. The summed E-state index contributed by atoms with van der Waals surface area (Å²) in [4.78, 5) is 100. The van der Waals surface area contributed by atoms with E-state index < -0.39 is 121 Å². The van der Waals surface area contributed by atoms with E-state index in [1.54, 1.807) is 58.0 Å². The summed E-state index contributed by atoms with van der Waals surface area (Å²) < 4.78 is 22.8. The van der Waals surface area contributed by atoms with Crippen LogP contribution >= 0.6 is 0 Å². The Labute approximate surface area is 278 Å². The lowest BCUT2D eigenvalue weighted by atomic mass is 9.88. The third-order valence-corrected chi connectivity index (χ3v) is 7.44. The summed E-state index contributed by atoms with van der Waals surface area (Å²) in [5, 5.41) is 16.2. The molecule has 3 amide bonds. The highest BCUT2D eigenvalue weighted by atomic mass is 19.1. The third kappa shape index (κ3) is 14.4. The quantitative estimate of drug-likeness (QED) is 0.139. The molecule has 266 valence electrons. The van der Waals surface area contributed by atoms with Crippen molar-refractivity contribution >= 4 is 47.2 Å². The molecule has 0 aliphatic heterocycles. The first-order valence-corrected chi connectivity index (χ1v) is 15.5. The number of ketones is 3. The topological polar surface area (TPSA) is 211 Å². The Kier molecular flexibility index (Phi) is 17.7. The molecule has 0 aliphatic rings. The highest BCUT2D eigenvalue weighted by molar-refractivity contribution is 5.97. The molecule has 15 heteroatoms. The van der Waals surface area contributed by atoms with Crippen LogP contribution in [-0.2, 0) is 49.6 Å². The molecule has 1 rings (SSSR count). The number of alkyl carbamates (subject to hydrolysis) is 1. The summed E-state index contributed by atoms with van der Waals surface area (Å²) in [7, 11) is 1.11. The highest BCUT2D eigenvalue weighted by Gasteiger charge is 2.35. The molecule has 0 aliphatic carbocycles. The first kappa shape index (κ1) is 41.3. The standard InChI is InChI=1S/C33H46FN3O11/c1-18(2)29(24(38)12-20(5)31(44)35-23(15-27(41)42)26(40)16-34)36-32(45)22(14-28(43)47-6)13-25(39)30(19(3)4)37-33(46)48-17-21-10-8-7-9-11-21/h7-11,18-20,22-23,29-30H,12-17H2,1-6H3,(H,35,44)(H,36,45)(H,37,46)(H,41,42)/t20-,22+,23+,29+,30+/m1/s1. The zero-order chi connectivity index (χ0) is 36.6. The number of esters is 1. The molecular weight excluding hydrogens is 633 g/mol. The fourth-order valence-corrected chi connectivity index (χ4v) is 4.66. The summed E-state index contributed by atoms with van der Waals surface area (Å²) >= 11 is 0. The second-order valence-electron chi connectivity index (χ2n) is 12.1. The number of alkyl halides is 1. The van der Waals surface area contributed by atoms with Crippen LogP contribution in [-0.4, -0.2) is 84.2 Å². The number of amides is 3. The van der Waals surface area contributed by atoms with E-state index in [-0.39, 0.29) is 6.61 Å². The molecule has 0 heterocycles. The molecule has 0 saturated heterocycles. The van der Waals surface area contributed by atoms with E-state index in [1.807, 2.05) is 0 Å². The maximum atomic E-state index is 13.5. The number of benzene rings is 1. The fraction of sp³-hybridized carbons (Fsp3) is 0.576. The average Bonchev–Trinajstić information content (AvgIpc) is 3.03. The minimum atomic E-state index is -1.62. The van der Waals surface area contributed by atoms with Gasteiger partial charge in [-0.1, -0.05) is 65.0 Å². The number of hydrogen-bond acceptors (Lipinski definition) is 10. The second-order valence-corrected chi connectivity index (χ2v) is 12.1. The zero-order valence-corrected chi connectivity index (χ0v) is 28.1. The van der Waals surface area contributed by atoms with E-state index >= 15 is 0 Å². The van der Waals surface area contributed by atoms with Gasteiger partial charge in [-0.2, -0.15) is 0 Å². The lowest BCUT2D eigenvalue weighted by molar-refractivity contribution is -0.145. The number of carboxylic acids is 1. The Morgan fingerprint density at radius 2 is 1.29 bits per heavy atom. The molecular formula is C33H46FN3O11. The molecule has 0 aromatic heterocycles. The van der Waals surface area contributed by atoms with Crippen molar-refractivity contribution in [2.24, 2.45) is 23.7 Å². The molecule has 1 aromatic carbocycles. The molecule has 0 radical (unpaired) electrons. The number of rotatable bonds is 21. The maximum Gasteiger partial charge on any atom is 0.408 e. The van der Waals surface area contributed by atoms with Crippen LogP contribution in [0.1, 0.15) is 65.9 Å². The minimum absolute atomic E-state index is 0.0391. The van der Waals surface area contributed by atoms with Crippen molar-refractivity contribution in [3.63, 3.8) is 0 Å². The first-order chi connectivity index (χ1) is 22.5. The van der Waals surface area contributed by atoms with Crippen molar-refractivity contribution in [3.8, 4) is 0 Å². The van der Waals surface area contributed by atoms with E-state index in [0.29, 0.717) is 0 Å².